The lowest BCUT2D eigenvalue weighted by Crippen LogP contribution is -2.18. The van der Waals surface area contributed by atoms with E-state index in [9.17, 15) is 13.2 Å². The van der Waals surface area contributed by atoms with Gasteiger partial charge in [-0.15, -0.1) is 0 Å². The van der Waals surface area contributed by atoms with E-state index >= 15 is 0 Å². The molecule has 0 saturated heterocycles. The fourth-order valence-corrected chi connectivity index (χ4v) is 1.68. The predicted octanol–water partition coefficient (Wildman–Crippen LogP) is 3.15. The molecule has 0 aliphatic heterocycles. The molecule has 0 unspecified atom stereocenters. The number of halogens is 3. The van der Waals surface area contributed by atoms with Crippen LogP contribution >= 0.6 is 0 Å². The highest BCUT2D eigenvalue weighted by Crippen LogP contribution is 2.14. The molecule has 0 fully saturated rings. The van der Waals surface area contributed by atoms with Crippen molar-refractivity contribution in [2.45, 2.75) is 25.6 Å². The van der Waals surface area contributed by atoms with E-state index in [1.54, 1.807) is 0 Å². The first-order valence-corrected chi connectivity index (χ1v) is 7.05. The molecule has 6 heteroatoms. The van der Waals surface area contributed by atoms with Gasteiger partial charge in [0, 0.05) is 26.4 Å². The number of rotatable bonds is 11. The number of nitrogens with one attached hydrogen (secondary N) is 1. The molecule has 0 bridgehead atoms. The number of alkyl halides is 3. The molecule has 0 amide bonds. The van der Waals surface area contributed by atoms with Gasteiger partial charge in [-0.25, -0.2) is 0 Å². The molecule has 0 aliphatic carbocycles. The fourth-order valence-electron chi connectivity index (χ4n) is 1.68. The van der Waals surface area contributed by atoms with Crippen molar-refractivity contribution in [3.63, 3.8) is 0 Å². The molecule has 1 aromatic carbocycles. The van der Waals surface area contributed by atoms with Crippen LogP contribution in [0.2, 0.25) is 0 Å². The molecule has 0 atom stereocenters. The predicted molar refractivity (Wildman–Crippen MR) is 75.1 cm³/mol. The lowest BCUT2D eigenvalue weighted by atomic mass is 10.2. The molecule has 0 aliphatic rings. The summed E-state index contributed by atoms with van der Waals surface area (Å²) in [5.41, 5.74) is 1.24. The van der Waals surface area contributed by atoms with E-state index < -0.39 is 12.8 Å². The maximum absolute atomic E-state index is 11.8. The van der Waals surface area contributed by atoms with Crippen LogP contribution in [0.3, 0.4) is 0 Å². The summed E-state index contributed by atoms with van der Waals surface area (Å²) in [5, 5.41) is 3.30. The van der Waals surface area contributed by atoms with E-state index in [0.29, 0.717) is 19.6 Å². The zero-order chi connectivity index (χ0) is 15.4. The largest absolute Gasteiger partial charge is 0.411 e. The molecule has 1 N–H and O–H groups in total. The number of hydrogen-bond donors (Lipinski definition) is 1. The third-order valence-corrected chi connectivity index (χ3v) is 2.66. The van der Waals surface area contributed by atoms with Gasteiger partial charge in [-0.1, -0.05) is 30.3 Å². The summed E-state index contributed by atoms with van der Waals surface area (Å²) in [4.78, 5) is 0. The van der Waals surface area contributed by atoms with Crippen LogP contribution < -0.4 is 5.32 Å². The van der Waals surface area contributed by atoms with E-state index in [2.05, 4.69) is 22.2 Å². The van der Waals surface area contributed by atoms with Crippen LogP contribution in [0.15, 0.2) is 30.3 Å². The fraction of sp³-hybridized carbons (Fsp3) is 0.600. The molecular formula is C15H22F3NO2. The summed E-state index contributed by atoms with van der Waals surface area (Å²) in [6.07, 6.45) is -2.89. The third-order valence-electron chi connectivity index (χ3n) is 2.66. The first kappa shape index (κ1) is 17.9. The highest BCUT2D eigenvalue weighted by molar-refractivity contribution is 5.14. The Morgan fingerprint density at radius 1 is 0.905 bits per heavy atom. The molecule has 3 nitrogen and oxygen atoms in total. The van der Waals surface area contributed by atoms with Crippen molar-refractivity contribution in [3.05, 3.63) is 35.9 Å². The summed E-state index contributed by atoms with van der Waals surface area (Å²) in [6.45, 7) is 1.59. The molecule has 120 valence electrons. The van der Waals surface area contributed by atoms with Gasteiger partial charge in [0.2, 0.25) is 0 Å². The van der Waals surface area contributed by atoms with Crippen molar-refractivity contribution in [1.29, 1.82) is 0 Å². The first-order chi connectivity index (χ1) is 10.1. The van der Waals surface area contributed by atoms with Crippen molar-refractivity contribution in [1.82, 2.24) is 5.32 Å². The average Bonchev–Trinajstić information content (AvgIpc) is 2.44. The molecular weight excluding hydrogens is 283 g/mol. The average molecular weight is 305 g/mol. The Kier molecular flexibility index (Phi) is 9.05. The highest BCUT2D eigenvalue weighted by Gasteiger charge is 2.27. The van der Waals surface area contributed by atoms with Crippen LogP contribution in [0.4, 0.5) is 13.2 Å². The minimum atomic E-state index is -4.24. The van der Waals surface area contributed by atoms with E-state index in [4.69, 9.17) is 4.74 Å². The number of ether oxygens (including phenoxy) is 2. The van der Waals surface area contributed by atoms with Crippen LogP contribution in [0.5, 0.6) is 0 Å². The molecule has 0 heterocycles. The second kappa shape index (κ2) is 10.6. The smallest absolute Gasteiger partial charge is 0.381 e. The van der Waals surface area contributed by atoms with Crippen molar-refractivity contribution in [3.8, 4) is 0 Å². The first-order valence-electron chi connectivity index (χ1n) is 7.05. The maximum Gasteiger partial charge on any atom is 0.411 e. The van der Waals surface area contributed by atoms with Gasteiger partial charge in [0.25, 0.3) is 0 Å². The standard InChI is InChI=1S/C15H22F3NO2/c16-15(17,18)13-21-11-5-10-20-9-4-8-19-12-14-6-2-1-3-7-14/h1-3,6-7,19H,4-5,8-13H2. The molecule has 0 aromatic heterocycles. The molecule has 1 aromatic rings. The van der Waals surface area contributed by atoms with Crippen molar-refractivity contribution in [2.75, 3.05) is 33.0 Å². The SMILES string of the molecule is FC(F)(F)COCCCOCCCNCc1ccccc1. The van der Waals surface area contributed by atoms with Crippen LogP contribution in [0.25, 0.3) is 0 Å². The summed E-state index contributed by atoms with van der Waals surface area (Å²) in [7, 11) is 0. The highest BCUT2D eigenvalue weighted by atomic mass is 19.4. The second-order valence-electron chi connectivity index (χ2n) is 4.65. The molecule has 21 heavy (non-hydrogen) atoms. The van der Waals surface area contributed by atoms with Gasteiger partial charge in [0.05, 0.1) is 0 Å². The summed E-state index contributed by atoms with van der Waals surface area (Å²) in [6, 6.07) is 10.1. The zero-order valence-electron chi connectivity index (χ0n) is 12.0. The lowest BCUT2D eigenvalue weighted by Gasteiger charge is -2.08. The normalized spacial score (nSPS) is 11.8. The Morgan fingerprint density at radius 3 is 2.29 bits per heavy atom. The number of benzene rings is 1. The molecule has 0 saturated carbocycles. The van der Waals surface area contributed by atoms with E-state index in [1.807, 2.05) is 18.2 Å². The zero-order valence-corrected chi connectivity index (χ0v) is 12.0. The summed E-state index contributed by atoms with van der Waals surface area (Å²) in [5.74, 6) is 0. The lowest BCUT2D eigenvalue weighted by molar-refractivity contribution is -0.174. The molecule has 1 rings (SSSR count). The van der Waals surface area contributed by atoms with Gasteiger partial charge in [0.15, 0.2) is 0 Å². The Balaban J connectivity index is 1.81. The van der Waals surface area contributed by atoms with Crippen molar-refractivity contribution >= 4 is 0 Å². The topological polar surface area (TPSA) is 30.5 Å². The Labute approximate surface area is 123 Å². The monoisotopic (exact) mass is 305 g/mol. The van der Waals surface area contributed by atoms with Crippen LogP contribution in [-0.2, 0) is 16.0 Å². The minimum absolute atomic E-state index is 0.0752. The van der Waals surface area contributed by atoms with Crippen LogP contribution in [0, 0.1) is 0 Å². The summed E-state index contributed by atoms with van der Waals surface area (Å²) < 4.78 is 45.1. The van der Waals surface area contributed by atoms with Gasteiger partial charge in [-0.05, 0) is 24.9 Å². The van der Waals surface area contributed by atoms with E-state index in [-0.39, 0.29) is 6.61 Å². The number of hydrogen-bond acceptors (Lipinski definition) is 3. The van der Waals surface area contributed by atoms with E-state index in [0.717, 1.165) is 19.5 Å². The van der Waals surface area contributed by atoms with Gasteiger partial charge < -0.3 is 14.8 Å². The Hall–Kier alpha value is -1.11. The van der Waals surface area contributed by atoms with E-state index in [1.165, 1.54) is 5.56 Å². The van der Waals surface area contributed by atoms with Gasteiger partial charge in [-0.2, -0.15) is 13.2 Å². The molecule has 0 radical (unpaired) electrons. The second-order valence-corrected chi connectivity index (χ2v) is 4.65. The Bertz CT molecular complexity index is 358. The third kappa shape index (κ3) is 11.2. The van der Waals surface area contributed by atoms with Crippen LogP contribution in [0.1, 0.15) is 18.4 Å². The van der Waals surface area contributed by atoms with Crippen molar-refractivity contribution < 1.29 is 22.6 Å². The van der Waals surface area contributed by atoms with Gasteiger partial charge >= 0.3 is 6.18 Å². The maximum atomic E-state index is 11.8. The van der Waals surface area contributed by atoms with Crippen LogP contribution in [-0.4, -0.2) is 39.1 Å². The van der Waals surface area contributed by atoms with Gasteiger partial charge in [-0.3, -0.25) is 0 Å². The van der Waals surface area contributed by atoms with Gasteiger partial charge in [0.1, 0.15) is 6.61 Å². The quantitative estimate of drug-likeness (QED) is 0.637. The molecule has 0 spiro atoms. The summed E-state index contributed by atoms with van der Waals surface area (Å²) >= 11 is 0. The minimum Gasteiger partial charge on any atom is -0.381 e. The Morgan fingerprint density at radius 2 is 1.57 bits per heavy atom. The van der Waals surface area contributed by atoms with Crippen molar-refractivity contribution in [2.24, 2.45) is 0 Å².